The smallest absolute Gasteiger partial charge is 0.311 e. The summed E-state index contributed by atoms with van der Waals surface area (Å²) in [5.41, 5.74) is 0. The molecule has 0 bridgehead atoms. The van der Waals surface area contributed by atoms with E-state index in [2.05, 4.69) is 4.90 Å². The number of esters is 1. The highest BCUT2D eigenvalue weighted by Gasteiger charge is 2.37. The number of likely N-dealkylation sites (tertiary alicyclic amines) is 1. The topological polar surface area (TPSA) is 29.5 Å². The Kier molecular flexibility index (Phi) is 2.54. The van der Waals surface area contributed by atoms with E-state index in [1.165, 1.54) is 32.8 Å². The van der Waals surface area contributed by atoms with Crippen molar-refractivity contribution in [1.82, 2.24) is 4.90 Å². The molecule has 1 heterocycles. The van der Waals surface area contributed by atoms with Crippen LogP contribution in [-0.4, -0.2) is 37.1 Å². The molecule has 1 saturated carbocycles. The summed E-state index contributed by atoms with van der Waals surface area (Å²) in [6.07, 6.45) is 5.38. The predicted molar refractivity (Wildman–Crippen MR) is 49.3 cm³/mol. The van der Waals surface area contributed by atoms with Crippen molar-refractivity contribution in [3.63, 3.8) is 0 Å². The summed E-state index contributed by atoms with van der Waals surface area (Å²) in [5, 5.41) is 0. The zero-order valence-electron chi connectivity index (χ0n) is 8.16. The second-order valence-electron chi connectivity index (χ2n) is 4.11. The second-order valence-corrected chi connectivity index (χ2v) is 4.11. The van der Waals surface area contributed by atoms with E-state index >= 15 is 0 Å². The van der Waals surface area contributed by atoms with Crippen LogP contribution in [0.15, 0.2) is 0 Å². The lowest BCUT2D eigenvalue weighted by atomic mass is 9.97. The highest BCUT2D eigenvalue weighted by atomic mass is 16.5. The number of ether oxygens (including phenoxy) is 1. The Balaban J connectivity index is 1.74. The molecular weight excluding hydrogens is 166 g/mol. The van der Waals surface area contributed by atoms with Gasteiger partial charge in [0.1, 0.15) is 0 Å². The van der Waals surface area contributed by atoms with Gasteiger partial charge in [0.05, 0.1) is 13.0 Å². The van der Waals surface area contributed by atoms with Crippen molar-refractivity contribution in [2.75, 3.05) is 20.2 Å². The molecule has 0 spiro atoms. The molecule has 0 unspecified atom stereocenters. The molecule has 0 radical (unpaired) electrons. The maximum atomic E-state index is 11.1. The summed E-state index contributed by atoms with van der Waals surface area (Å²) in [6.45, 7) is 1.86. The molecule has 1 saturated heterocycles. The first-order valence-electron chi connectivity index (χ1n) is 5.13. The molecule has 0 aromatic rings. The van der Waals surface area contributed by atoms with Crippen LogP contribution in [0.5, 0.6) is 0 Å². The lowest BCUT2D eigenvalue weighted by Crippen LogP contribution is -2.54. The second kappa shape index (κ2) is 3.66. The van der Waals surface area contributed by atoms with E-state index in [1.54, 1.807) is 0 Å². The van der Waals surface area contributed by atoms with E-state index in [4.69, 9.17) is 4.74 Å². The van der Waals surface area contributed by atoms with Crippen molar-refractivity contribution in [3.05, 3.63) is 0 Å². The third-order valence-electron chi connectivity index (χ3n) is 3.29. The van der Waals surface area contributed by atoms with Gasteiger partial charge in [-0.05, 0) is 12.8 Å². The van der Waals surface area contributed by atoms with Gasteiger partial charge >= 0.3 is 5.97 Å². The molecule has 1 aliphatic carbocycles. The molecule has 0 aromatic heterocycles. The minimum absolute atomic E-state index is 0.0331. The predicted octanol–water partition coefficient (Wildman–Crippen LogP) is 1.03. The number of rotatable bonds is 2. The van der Waals surface area contributed by atoms with Gasteiger partial charge in [-0.3, -0.25) is 9.69 Å². The zero-order valence-corrected chi connectivity index (χ0v) is 8.16. The fourth-order valence-electron chi connectivity index (χ4n) is 2.40. The average Bonchev–Trinajstić information content (AvgIpc) is 2.54. The van der Waals surface area contributed by atoms with E-state index < -0.39 is 0 Å². The molecule has 2 aliphatic rings. The average molecular weight is 183 g/mol. The Morgan fingerprint density at radius 1 is 1.31 bits per heavy atom. The highest BCUT2D eigenvalue weighted by Crippen LogP contribution is 2.29. The van der Waals surface area contributed by atoms with Crippen LogP contribution in [0, 0.1) is 5.92 Å². The Morgan fingerprint density at radius 2 is 1.92 bits per heavy atom. The van der Waals surface area contributed by atoms with Crippen molar-refractivity contribution in [1.29, 1.82) is 0 Å². The van der Waals surface area contributed by atoms with Crippen LogP contribution >= 0.6 is 0 Å². The summed E-state index contributed by atoms with van der Waals surface area (Å²) in [4.78, 5) is 13.5. The number of nitrogens with zero attached hydrogens (tertiary/aromatic N) is 1. The number of methoxy groups -OCH3 is 1. The van der Waals surface area contributed by atoms with Gasteiger partial charge in [0, 0.05) is 19.1 Å². The Hall–Kier alpha value is -0.570. The molecule has 0 atom stereocenters. The van der Waals surface area contributed by atoms with E-state index in [-0.39, 0.29) is 11.9 Å². The van der Waals surface area contributed by atoms with Gasteiger partial charge in [-0.15, -0.1) is 0 Å². The minimum Gasteiger partial charge on any atom is -0.469 e. The molecule has 3 heteroatoms. The van der Waals surface area contributed by atoms with Crippen LogP contribution in [0.1, 0.15) is 25.7 Å². The molecule has 2 fully saturated rings. The monoisotopic (exact) mass is 183 g/mol. The zero-order chi connectivity index (χ0) is 9.26. The number of hydrogen-bond donors (Lipinski definition) is 0. The van der Waals surface area contributed by atoms with Crippen LogP contribution in [-0.2, 0) is 9.53 Å². The normalized spacial score (nSPS) is 25.9. The Labute approximate surface area is 79.0 Å². The van der Waals surface area contributed by atoms with Crippen LogP contribution < -0.4 is 0 Å². The van der Waals surface area contributed by atoms with Gasteiger partial charge in [-0.25, -0.2) is 0 Å². The van der Waals surface area contributed by atoms with Crippen LogP contribution in [0.4, 0.5) is 0 Å². The largest absolute Gasteiger partial charge is 0.469 e. The molecule has 1 aliphatic heterocycles. The summed E-state index contributed by atoms with van der Waals surface area (Å²) in [6, 6.07) is 0.765. The number of carbonyl (C=O) groups excluding carboxylic acids is 1. The molecule has 3 nitrogen and oxygen atoms in total. The maximum absolute atomic E-state index is 11.1. The SMILES string of the molecule is COC(=O)C1CN(C2CCCC2)C1. The fraction of sp³-hybridized carbons (Fsp3) is 0.900. The molecule has 0 aromatic carbocycles. The van der Waals surface area contributed by atoms with Gasteiger partial charge in [-0.1, -0.05) is 12.8 Å². The van der Waals surface area contributed by atoms with Gasteiger partial charge < -0.3 is 4.74 Å². The molecule has 74 valence electrons. The Bertz CT molecular complexity index is 193. The van der Waals surface area contributed by atoms with Crippen molar-refractivity contribution in [3.8, 4) is 0 Å². The van der Waals surface area contributed by atoms with Crippen molar-refractivity contribution < 1.29 is 9.53 Å². The van der Waals surface area contributed by atoms with Gasteiger partial charge in [0.2, 0.25) is 0 Å². The third kappa shape index (κ3) is 1.70. The van der Waals surface area contributed by atoms with Gasteiger partial charge in [0.25, 0.3) is 0 Å². The first kappa shape index (κ1) is 9.00. The molecule has 13 heavy (non-hydrogen) atoms. The lowest BCUT2D eigenvalue weighted by molar-refractivity contribution is -0.152. The first-order chi connectivity index (χ1) is 6.31. The summed E-state index contributed by atoms with van der Waals surface area (Å²) >= 11 is 0. The first-order valence-corrected chi connectivity index (χ1v) is 5.13. The third-order valence-corrected chi connectivity index (χ3v) is 3.29. The van der Waals surface area contributed by atoms with Crippen LogP contribution in [0.2, 0.25) is 0 Å². The minimum atomic E-state index is -0.0331. The molecular formula is C10H17NO2. The number of carbonyl (C=O) groups is 1. The molecule has 2 rings (SSSR count). The summed E-state index contributed by atoms with van der Waals surface area (Å²) in [5.74, 6) is 0.125. The lowest BCUT2D eigenvalue weighted by Gasteiger charge is -2.41. The van der Waals surface area contributed by atoms with Crippen molar-refractivity contribution in [2.24, 2.45) is 5.92 Å². The van der Waals surface area contributed by atoms with Gasteiger partial charge in [-0.2, -0.15) is 0 Å². The summed E-state index contributed by atoms with van der Waals surface area (Å²) in [7, 11) is 1.47. The highest BCUT2D eigenvalue weighted by molar-refractivity contribution is 5.73. The van der Waals surface area contributed by atoms with Crippen molar-refractivity contribution >= 4 is 5.97 Å². The van der Waals surface area contributed by atoms with Gasteiger partial charge in [0.15, 0.2) is 0 Å². The van der Waals surface area contributed by atoms with Crippen LogP contribution in [0.3, 0.4) is 0 Å². The fourth-order valence-corrected chi connectivity index (χ4v) is 2.40. The summed E-state index contributed by atoms with van der Waals surface area (Å²) < 4.78 is 4.70. The van der Waals surface area contributed by atoms with E-state index in [0.717, 1.165) is 19.1 Å². The quantitative estimate of drug-likeness (QED) is 0.599. The van der Waals surface area contributed by atoms with Crippen LogP contribution in [0.25, 0.3) is 0 Å². The molecule has 0 amide bonds. The molecule has 0 N–H and O–H groups in total. The van der Waals surface area contributed by atoms with E-state index in [9.17, 15) is 4.79 Å². The standard InChI is InChI=1S/C10H17NO2/c1-13-10(12)8-6-11(7-8)9-4-2-3-5-9/h8-9H,2-7H2,1H3. The number of hydrogen-bond acceptors (Lipinski definition) is 3. The Morgan fingerprint density at radius 3 is 2.46 bits per heavy atom. The van der Waals surface area contributed by atoms with E-state index in [1.807, 2.05) is 0 Å². The van der Waals surface area contributed by atoms with E-state index in [0.29, 0.717) is 0 Å². The maximum Gasteiger partial charge on any atom is 0.311 e. The van der Waals surface area contributed by atoms with Crippen molar-refractivity contribution in [2.45, 2.75) is 31.7 Å².